The van der Waals surface area contributed by atoms with Gasteiger partial charge in [-0.3, -0.25) is 19.1 Å². The summed E-state index contributed by atoms with van der Waals surface area (Å²) >= 11 is 1.04. The predicted molar refractivity (Wildman–Crippen MR) is 130 cm³/mol. The molecule has 33 heavy (non-hydrogen) atoms. The average Bonchev–Trinajstić information content (AvgIpc) is 3.08. The van der Waals surface area contributed by atoms with E-state index in [0.29, 0.717) is 22.5 Å². The summed E-state index contributed by atoms with van der Waals surface area (Å²) in [4.78, 5) is 39.1. The number of nitriles is 1. The molecule has 1 amide bonds. The number of carbonyl (C=O) groups excluding carboxylic acids is 2. The minimum Gasteiger partial charge on any atom is -0.462 e. The molecule has 0 aliphatic rings. The number of rotatable bonds is 9. The number of aromatic nitrogens is 1. The molecule has 0 atom stereocenters. The third-order valence-corrected chi connectivity index (χ3v) is 5.95. The Morgan fingerprint density at radius 2 is 2.00 bits per heavy atom. The number of nitrogens with zero attached hydrogens (tertiary/aromatic N) is 3. The maximum atomic E-state index is 12.8. The second-order valence-electron chi connectivity index (χ2n) is 7.45. The average molecular weight is 472 g/mol. The quantitative estimate of drug-likeness (QED) is 0.530. The van der Waals surface area contributed by atoms with Gasteiger partial charge in [0, 0.05) is 30.2 Å². The zero-order valence-electron chi connectivity index (χ0n) is 19.5. The first-order valence-corrected chi connectivity index (χ1v) is 11.4. The van der Waals surface area contributed by atoms with Gasteiger partial charge in [-0.25, -0.2) is 4.79 Å². The van der Waals surface area contributed by atoms with Gasteiger partial charge in [0.2, 0.25) is 5.91 Å². The summed E-state index contributed by atoms with van der Waals surface area (Å²) in [6, 6.07) is 9.21. The molecule has 0 bridgehead atoms. The molecular formula is C23H29N5O4S. The van der Waals surface area contributed by atoms with E-state index in [1.54, 1.807) is 38.1 Å². The van der Waals surface area contributed by atoms with Gasteiger partial charge in [0.05, 0.1) is 13.2 Å². The molecule has 2 N–H and O–H groups in total. The van der Waals surface area contributed by atoms with E-state index >= 15 is 0 Å². The van der Waals surface area contributed by atoms with Crippen molar-refractivity contribution < 1.29 is 14.3 Å². The highest BCUT2D eigenvalue weighted by Gasteiger charge is 2.16. The summed E-state index contributed by atoms with van der Waals surface area (Å²) in [5.74, 6) is -0.880. The fourth-order valence-corrected chi connectivity index (χ4v) is 3.90. The Balaban J connectivity index is 2.32. The molecule has 0 aliphatic heterocycles. The number of carbonyl (C=O) groups is 2. The third-order valence-electron chi connectivity index (χ3n) is 4.82. The van der Waals surface area contributed by atoms with E-state index < -0.39 is 5.97 Å². The van der Waals surface area contributed by atoms with E-state index in [1.807, 2.05) is 31.9 Å². The zero-order valence-corrected chi connectivity index (χ0v) is 20.3. The molecule has 0 aliphatic carbocycles. The normalized spacial score (nSPS) is 12.5. The van der Waals surface area contributed by atoms with Crippen LogP contribution in [0.1, 0.15) is 27.7 Å². The van der Waals surface area contributed by atoms with E-state index in [0.717, 1.165) is 11.3 Å². The van der Waals surface area contributed by atoms with Crippen molar-refractivity contribution in [2.75, 3.05) is 30.8 Å². The van der Waals surface area contributed by atoms with Gasteiger partial charge in [-0.2, -0.15) is 5.26 Å². The van der Waals surface area contributed by atoms with Crippen molar-refractivity contribution in [3.05, 3.63) is 43.8 Å². The van der Waals surface area contributed by atoms with Crippen LogP contribution in [0.5, 0.6) is 0 Å². The summed E-state index contributed by atoms with van der Waals surface area (Å²) in [5, 5.41) is 15.3. The summed E-state index contributed by atoms with van der Waals surface area (Å²) in [6.07, 6.45) is 1.52. The summed E-state index contributed by atoms with van der Waals surface area (Å²) in [7, 11) is 1.88. The molecule has 1 heterocycles. The number of amides is 1. The zero-order chi connectivity index (χ0) is 24.5. The van der Waals surface area contributed by atoms with Crippen LogP contribution in [0.2, 0.25) is 0 Å². The molecule has 0 spiro atoms. The molecule has 0 radical (unpaired) electrons. The van der Waals surface area contributed by atoms with Crippen molar-refractivity contribution in [3.8, 4) is 6.07 Å². The minimum atomic E-state index is -0.755. The van der Waals surface area contributed by atoms with E-state index in [-0.39, 0.29) is 40.9 Å². The van der Waals surface area contributed by atoms with Crippen LogP contribution in [0.3, 0.4) is 0 Å². The molecular weight excluding hydrogens is 442 g/mol. The van der Waals surface area contributed by atoms with E-state index in [1.165, 1.54) is 10.8 Å². The van der Waals surface area contributed by atoms with Crippen LogP contribution in [0.25, 0.3) is 11.8 Å². The summed E-state index contributed by atoms with van der Waals surface area (Å²) in [6.45, 7) is 8.14. The second-order valence-corrected chi connectivity index (χ2v) is 8.49. The Bertz CT molecular complexity index is 1220. The van der Waals surface area contributed by atoms with Gasteiger partial charge in [0.25, 0.3) is 5.56 Å². The van der Waals surface area contributed by atoms with Crippen molar-refractivity contribution in [3.63, 3.8) is 0 Å². The van der Waals surface area contributed by atoms with Gasteiger partial charge in [0.15, 0.2) is 5.57 Å². The third kappa shape index (κ3) is 6.78. The van der Waals surface area contributed by atoms with Crippen molar-refractivity contribution >= 4 is 46.4 Å². The lowest BCUT2D eigenvalue weighted by Gasteiger charge is -2.20. The molecule has 0 fully saturated rings. The van der Waals surface area contributed by atoms with Crippen LogP contribution in [-0.4, -0.2) is 47.6 Å². The number of hydrogen-bond donors (Lipinski definition) is 2. The van der Waals surface area contributed by atoms with Gasteiger partial charge < -0.3 is 15.4 Å². The monoisotopic (exact) mass is 471 g/mol. The SMILES string of the molecule is CCOC(=O)/C(C#N)=c1\s/c(=C/Nc2cccc(NC(=O)CN(C)C(C)C)c2)c(=O)n1CC. The molecule has 176 valence electrons. The van der Waals surface area contributed by atoms with Crippen LogP contribution in [0.15, 0.2) is 29.1 Å². The van der Waals surface area contributed by atoms with Crippen LogP contribution in [0.4, 0.5) is 11.4 Å². The van der Waals surface area contributed by atoms with E-state index in [4.69, 9.17) is 4.74 Å². The fourth-order valence-electron chi connectivity index (χ4n) is 2.82. The highest BCUT2D eigenvalue weighted by Crippen LogP contribution is 2.15. The molecule has 10 heteroatoms. The smallest absolute Gasteiger partial charge is 0.351 e. The topological polar surface area (TPSA) is 116 Å². The number of anilines is 2. The van der Waals surface area contributed by atoms with Crippen molar-refractivity contribution in [2.24, 2.45) is 0 Å². The largest absolute Gasteiger partial charge is 0.462 e. The molecule has 2 aromatic rings. The first-order chi connectivity index (χ1) is 15.7. The Kier molecular flexibility index (Phi) is 9.39. The standard InChI is InChI=1S/C23H29N5O4S/c1-6-28-21(30)19(33-22(28)18(12-24)23(31)32-7-2)13-25-16-9-8-10-17(11-16)26-20(29)14-27(5)15(3)4/h8-11,13,15,25H,6-7,14H2,1-5H3,(H,26,29)/b19-13+,22-18-. The van der Waals surface area contributed by atoms with Crippen molar-refractivity contribution in [2.45, 2.75) is 40.3 Å². The number of thiazole rings is 1. The van der Waals surface area contributed by atoms with Gasteiger partial charge in [0.1, 0.15) is 15.3 Å². The highest BCUT2D eigenvalue weighted by molar-refractivity contribution is 7.07. The number of nitrogens with one attached hydrogen (secondary N) is 2. The molecule has 2 rings (SSSR count). The molecule has 0 unspecified atom stereocenters. The fraction of sp³-hybridized carbons (Fsp3) is 0.391. The number of ether oxygens (including phenoxy) is 1. The summed E-state index contributed by atoms with van der Waals surface area (Å²) in [5.41, 5.74) is 0.771. The lowest BCUT2D eigenvalue weighted by atomic mass is 10.2. The lowest BCUT2D eigenvalue weighted by molar-refractivity contribution is -0.136. The highest BCUT2D eigenvalue weighted by atomic mass is 32.1. The second kappa shape index (κ2) is 12.0. The Morgan fingerprint density at radius 1 is 1.30 bits per heavy atom. The molecule has 0 saturated carbocycles. The maximum Gasteiger partial charge on any atom is 0.351 e. The molecule has 0 saturated heterocycles. The Morgan fingerprint density at radius 3 is 2.61 bits per heavy atom. The number of hydrogen-bond acceptors (Lipinski definition) is 8. The summed E-state index contributed by atoms with van der Waals surface area (Å²) < 4.78 is 6.90. The lowest BCUT2D eigenvalue weighted by Crippen LogP contribution is -2.34. The van der Waals surface area contributed by atoms with Crippen molar-refractivity contribution in [1.82, 2.24) is 9.47 Å². The number of benzene rings is 1. The first-order valence-electron chi connectivity index (χ1n) is 10.6. The van der Waals surface area contributed by atoms with Crippen LogP contribution in [0, 0.1) is 11.3 Å². The van der Waals surface area contributed by atoms with Gasteiger partial charge in [-0.15, -0.1) is 11.3 Å². The van der Waals surface area contributed by atoms with Crippen molar-refractivity contribution in [1.29, 1.82) is 5.26 Å². The number of esters is 1. The van der Waals surface area contributed by atoms with Crippen LogP contribution >= 0.6 is 11.3 Å². The molecule has 1 aromatic heterocycles. The molecule has 1 aromatic carbocycles. The van der Waals surface area contributed by atoms with Gasteiger partial charge >= 0.3 is 5.97 Å². The van der Waals surface area contributed by atoms with Gasteiger partial charge in [-0.05, 0) is 52.9 Å². The Labute approximate surface area is 196 Å². The van der Waals surface area contributed by atoms with E-state index in [2.05, 4.69) is 10.6 Å². The molecule has 9 nitrogen and oxygen atoms in total. The van der Waals surface area contributed by atoms with E-state index in [9.17, 15) is 19.6 Å². The number of likely N-dealkylation sites (N-methyl/N-ethyl adjacent to an activating group) is 1. The first kappa shape index (κ1) is 25.8. The Hall–Kier alpha value is -3.42. The minimum absolute atomic E-state index is 0.125. The van der Waals surface area contributed by atoms with Crippen LogP contribution in [-0.2, 0) is 20.9 Å². The van der Waals surface area contributed by atoms with Crippen LogP contribution < -0.4 is 25.4 Å². The van der Waals surface area contributed by atoms with Gasteiger partial charge in [-0.1, -0.05) is 6.07 Å². The maximum absolute atomic E-state index is 12.8. The predicted octanol–water partition coefficient (Wildman–Crippen LogP) is 1.30.